The van der Waals surface area contributed by atoms with Crippen molar-refractivity contribution in [1.29, 1.82) is 0 Å². The quantitative estimate of drug-likeness (QED) is 0.713. The molecule has 1 rings (SSSR count). The number of aromatic nitrogens is 1. The minimum absolute atomic E-state index is 0.273. The molecule has 1 aromatic heterocycles. The Balaban J connectivity index is 2.57. The zero-order valence-corrected chi connectivity index (χ0v) is 8.94. The Morgan fingerprint density at radius 3 is 2.75 bits per heavy atom. The summed E-state index contributed by atoms with van der Waals surface area (Å²) in [6.45, 7) is 0. The Kier molecular flexibility index (Phi) is 4.21. The first-order valence-corrected chi connectivity index (χ1v) is 4.76. The van der Waals surface area contributed by atoms with Crippen molar-refractivity contribution in [3.63, 3.8) is 0 Å². The van der Waals surface area contributed by atoms with E-state index in [1.165, 1.54) is 12.3 Å². The number of pyridine rings is 1. The third kappa shape index (κ3) is 3.84. The van der Waals surface area contributed by atoms with E-state index in [0.717, 1.165) is 0 Å². The number of carbonyl (C=O) groups is 2. The van der Waals surface area contributed by atoms with E-state index in [9.17, 15) is 9.59 Å². The van der Waals surface area contributed by atoms with Gasteiger partial charge in [0.25, 0.3) is 0 Å². The van der Waals surface area contributed by atoms with Crippen molar-refractivity contribution < 1.29 is 14.7 Å². The fourth-order valence-electron chi connectivity index (χ4n) is 0.950. The Morgan fingerprint density at radius 2 is 2.25 bits per heavy atom. The van der Waals surface area contributed by atoms with Gasteiger partial charge in [0.1, 0.15) is 5.82 Å². The minimum Gasteiger partial charge on any atom is -0.481 e. The van der Waals surface area contributed by atoms with Crippen LogP contribution in [0.25, 0.3) is 0 Å². The Hall–Kier alpha value is -1.66. The van der Waals surface area contributed by atoms with Crippen LogP contribution in [-0.2, 0) is 9.59 Å². The number of carbonyl (C=O) groups excluding carboxylic acids is 1. The molecule has 4 N–H and O–H groups in total. The first-order chi connectivity index (χ1) is 7.49. The van der Waals surface area contributed by atoms with Crippen molar-refractivity contribution >= 4 is 29.3 Å². The first kappa shape index (κ1) is 12.4. The molecule has 16 heavy (non-hydrogen) atoms. The molecule has 0 bridgehead atoms. The number of halogens is 1. The summed E-state index contributed by atoms with van der Waals surface area (Å²) in [5, 5.41) is 11.3. The largest absolute Gasteiger partial charge is 0.481 e. The van der Waals surface area contributed by atoms with Crippen LogP contribution in [0.1, 0.15) is 6.42 Å². The van der Waals surface area contributed by atoms with Crippen LogP contribution in [0.2, 0.25) is 5.02 Å². The number of nitrogens with two attached hydrogens (primary N) is 1. The third-order valence-electron chi connectivity index (χ3n) is 1.71. The normalized spacial score (nSPS) is 11.9. The number of hydrogen-bond acceptors (Lipinski definition) is 4. The van der Waals surface area contributed by atoms with E-state index in [2.05, 4.69) is 10.3 Å². The summed E-state index contributed by atoms with van der Waals surface area (Å²) < 4.78 is 0. The number of nitrogens with zero attached hydrogens (tertiary/aromatic N) is 1. The molecule has 1 atom stereocenters. The second kappa shape index (κ2) is 5.43. The summed E-state index contributed by atoms with van der Waals surface area (Å²) >= 11 is 5.60. The summed E-state index contributed by atoms with van der Waals surface area (Å²) in [7, 11) is 0. The second-order valence-electron chi connectivity index (χ2n) is 3.06. The first-order valence-electron chi connectivity index (χ1n) is 4.39. The second-order valence-corrected chi connectivity index (χ2v) is 3.49. The van der Waals surface area contributed by atoms with Crippen LogP contribution in [0.5, 0.6) is 0 Å². The van der Waals surface area contributed by atoms with Gasteiger partial charge in [0, 0.05) is 6.20 Å². The molecule has 0 aliphatic rings. The number of amides is 1. The highest BCUT2D eigenvalue weighted by Crippen LogP contribution is 2.09. The van der Waals surface area contributed by atoms with Crippen molar-refractivity contribution in [2.24, 2.45) is 5.73 Å². The Labute approximate surface area is 96.4 Å². The number of hydrogen-bond donors (Lipinski definition) is 3. The monoisotopic (exact) mass is 243 g/mol. The fourth-order valence-corrected chi connectivity index (χ4v) is 1.06. The van der Waals surface area contributed by atoms with Crippen molar-refractivity contribution in [2.45, 2.75) is 12.5 Å². The molecule has 86 valence electrons. The van der Waals surface area contributed by atoms with Gasteiger partial charge in [0.15, 0.2) is 0 Å². The summed E-state index contributed by atoms with van der Waals surface area (Å²) in [6, 6.07) is 1.94. The molecule has 0 aromatic carbocycles. The van der Waals surface area contributed by atoms with Gasteiger partial charge in [-0.3, -0.25) is 9.59 Å². The van der Waals surface area contributed by atoms with Gasteiger partial charge in [-0.25, -0.2) is 4.98 Å². The maximum Gasteiger partial charge on any atom is 0.305 e. The maximum absolute atomic E-state index is 11.4. The van der Waals surface area contributed by atoms with E-state index in [1.54, 1.807) is 6.07 Å². The molecule has 1 amide bonds. The summed E-state index contributed by atoms with van der Waals surface area (Å²) in [4.78, 5) is 25.5. The van der Waals surface area contributed by atoms with Crippen LogP contribution in [0.3, 0.4) is 0 Å². The molecule has 1 heterocycles. The molecule has 0 saturated heterocycles. The highest BCUT2D eigenvalue weighted by atomic mass is 35.5. The maximum atomic E-state index is 11.4. The number of aliphatic carboxylic acids is 1. The lowest BCUT2D eigenvalue weighted by molar-refractivity contribution is -0.138. The molecule has 0 aliphatic carbocycles. The van der Waals surface area contributed by atoms with Gasteiger partial charge < -0.3 is 16.2 Å². The van der Waals surface area contributed by atoms with Crippen LogP contribution >= 0.6 is 11.6 Å². The fraction of sp³-hybridized carbons (Fsp3) is 0.222. The van der Waals surface area contributed by atoms with Crippen molar-refractivity contribution in [1.82, 2.24) is 4.98 Å². The van der Waals surface area contributed by atoms with E-state index in [-0.39, 0.29) is 5.82 Å². The molecule has 0 radical (unpaired) electrons. The average molecular weight is 244 g/mol. The summed E-state index contributed by atoms with van der Waals surface area (Å²) in [5.74, 6) is -1.46. The van der Waals surface area contributed by atoms with Gasteiger partial charge >= 0.3 is 5.97 Å². The molecular formula is C9H10ClN3O3. The van der Waals surface area contributed by atoms with Gasteiger partial charge in [0.2, 0.25) is 5.91 Å². The third-order valence-corrected chi connectivity index (χ3v) is 1.93. The molecule has 0 saturated carbocycles. The van der Waals surface area contributed by atoms with E-state index in [0.29, 0.717) is 5.02 Å². The topological polar surface area (TPSA) is 105 Å². The number of anilines is 1. The van der Waals surface area contributed by atoms with Crippen LogP contribution in [0, 0.1) is 0 Å². The molecule has 0 spiro atoms. The molecule has 1 aromatic rings. The molecule has 7 heteroatoms. The highest BCUT2D eigenvalue weighted by molar-refractivity contribution is 6.30. The van der Waals surface area contributed by atoms with E-state index < -0.39 is 24.3 Å². The van der Waals surface area contributed by atoms with Crippen molar-refractivity contribution in [3.05, 3.63) is 23.4 Å². The molecular weight excluding hydrogens is 234 g/mol. The molecule has 1 unspecified atom stereocenters. The Morgan fingerprint density at radius 1 is 1.56 bits per heavy atom. The van der Waals surface area contributed by atoms with Gasteiger partial charge in [-0.15, -0.1) is 0 Å². The predicted molar refractivity (Wildman–Crippen MR) is 58.1 cm³/mol. The summed E-state index contributed by atoms with van der Waals surface area (Å²) in [6.07, 6.45) is 0.930. The summed E-state index contributed by atoms with van der Waals surface area (Å²) in [5.41, 5.74) is 5.35. The van der Waals surface area contributed by atoms with Gasteiger partial charge in [-0.05, 0) is 12.1 Å². The number of carboxylic acid groups (broad SMARTS) is 1. The van der Waals surface area contributed by atoms with Crippen LogP contribution in [0.15, 0.2) is 18.3 Å². The number of rotatable bonds is 4. The predicted octanol–water partition coefficient (Wildman–Crippen LogP) is 0.475. The molecule has 0 fully saturated rings. The van der Waals surface area contributed by atoms with Crippen molar-refractivity contribution in [3.8, 4) is 0 Å². The van der Waals surface area contributed by atoms with Crippen molar-refractivity contribution in [2.75, 3.05) is 5.32 Å². The van der Waals surface area contributed by atoms with Gasteiger partial charge in [-0.1, -0.05) is 11.6 Å². The zero-order chi connectivity index (χ0) is 12.1. The standard InChI is InChI=1S/C9H10ClN3O3/c10-5-1-2-7(12-4-5)13-9(16)6(11)3-8(14)15/h1-2,4,6H,3,11H2,(H,14,15)(H,12,13,16). The van der Waals surface area contributed by atoms with Gasteiger partial charge in [-0.2, -0.15) is 0 Å². The van der Waals surface area contributed by atoms with E-state index in [4.69, 9.17) is 22.4 Å². The van der Waals surface area contributed by atoms with Crippen LogP contribution in [-0.4, -0.2) is 28.0 Å². The number of carboxylic acids is 1. The van der Waals surface area contributed by atoms with Crippen LogP contribution in [0.4, 0.5) is 5.82 Å². The van der Waals surface area contributed by atoms with E-state index >= 15 is 0 Å². The lowest BCUT2D eigenvalue weighted by Gasteiger charge is -2.09. The van der Waals surface area contributed by atoms with E-state index in [1.807, 2.05) is 0 Å². The zero-order valence-electron chi connectivity index (χ0n) is 8.18. The average Bonchev–Trinajstić information content (AvgIpc) is 2.20. The number of nitrogens with one attached hydrogen (secondary N) is 1. The molecule has 6 nitrogen and oxygen atoms in total. The lowest BCUT2D eigenvalue weighted by atomic mass is 10.2. The lowest BCUT2D eigenvalue weighted by Crippen LogP contribution is -2.37. The SMILES string of the molecule is NC(CC(=O)O)C(=O)Nc1ccc(Cl)cn1. The van der Waals surface area contributed by atoms with Gasteiger partial charge in [0.05, 0.1) is 17.5 Å². The molecule has 0 aliphatic heterocycles. The minimum atomic E-state index is -1.13. The van der Waals surface area contributed by atoms with Crippen LogP contribution < -0.4 is 11.1 Å². The Bertz CT molecular complexity index is 393. The highest BCUT2D eigenvalue weighted by Gasteiger charge is 2.17. The smallest absolute Gasteiger partial charge is 0.305 e.